The normalized spacial score (nSPS) is 15.6. The van der Waals surface area contributed by atoms with Crippen molar-refractivity contribution in [3.8, 4) is 11.5 Å². The fourth-order valence-electron chi connectivity index (χ4n) is 3.86. The van der Waals surface area contributed by atoms with Gasteiger partial charge in [0.15, 0.2) is 4.80 Å². The van der Waals surface area contributed by atoms with Crippen LogP contribution in [-0.2, 0) is 9.53 Å². The van der Waals surface area contributed by atoms with E-state index in [1.807, 2.05) is 42.5 Å². The highest BCUT2D eigenvalue weighted by Gasteiger charge is 2.34. The molecule has 0 saturated heterocycles. The lowest BCUT2D eigenvalue weighted by atomic mass is 9.95. The van der Waals surface area contributed by atoms with Gasteiger partial charge in [-0.15, -0.1) is 0 Å². The van der Waals surface area contributed by atoms with Gasteiger partial charge in [-0.25, -0.2) is 9.79 Å². The van der Waals surface area contributed by atoms with Crippen LogP contribution in [0.5, 0.6) is 11.5 Å². The van der Waals surface area contributed by atoms with Gasteiger partial charge in [0.25, 0.3) is 5.56 Å². The third-order valence-corrected chi connectivity index (χ3v) is 6.33. The molecule has 0 radical (unpaired) electrons. The number of hydrogen-bond acceptors (Lipinski definition) is 7. The molecule has 7 nitrogen and oxygen atoms in total. The van der Waals surface area contributed by atoms with E-state index >= 15 is 0 Å². The van der Waals surface area contributed by atoms with Gasteiger partial charge < -0.3 is 14.2 Å². The molecule has 0 aliphatic carbocycles. The molecule has 33 heavy (non-hydrogen) atoms. The van der Waals surface area contributed by atoms with Crippen LogP contribution in [-0.4, -0.2) is 31.4 Å². The predicted molar refractivity (Wildman–Crippen MR) is 126 cm³/mol. The molecule has 1 aromatic heterocycles. The quantitative estimate of drug-likeness (QED) is 0.524. The van der Waals surface area contributed by atoms with Crippen LogP contribution in [0.15, 0.2) is 69.6 Å². The second kappa shape index (κ2) is 9.46. The van der Waals surface area contributed by atoms with Crippen LogP contribution < -0.4 is 24.4 Å². The van der Waals surface area contributed by atoms with Crippen molar-refractivity contribution in [3.63, 3.8) is 0 Å². The number of thiazole rings is 1. The molecule has 0 fully saturated rings. The molecule has 1 atom stereocenters. The number of para-hydroxylation sites is 1. The molecule has 3 aromatic rings. The monoisotopic (exact) mass is 464 g/mol. The lowest BCUT2D eigenvalue weighted by Gasteiger charge is -2.25. The molecule has 0 bridgehead atoms. The highest BCUT2D eigenvalue weighted by atomic mass is 32.1. The van der Waals surface area contributed by atoms with Crippen molar-refractivity contribution in [1.29, 1.82) is 0 Å². The Kier molecular flexibility index (Phi) is 6.46. The van der Waals surface area contributed by atoms with E-state index in [2.05, 4.69) is 4.99 Å². The molecule has 0 unspecified atom stereocenters. The third kappa shape index (κ3) is 4.21. The Morgan fingerprint density at radius 1 is 1.15 bits per heavy atom. The summed E-state index contributed by atoms with van der Waals surface area (Å²) in [6.07, 6.45) is 1.80. The van der Waals surface area contributed by atoms with E-state index in [9.17, 15) is 9.59 Å². The van der Waals surface area contributed by atoms with Crippen molar-refractivity contribution >= 4 is 23.4 Å². The van der Waals surface area contributed by atoms with Gasteiger partial charge in [0.2, 0.25) is 0 Å². The number of ether oxygens (including phenoxy) is 3. The number of aromatic nitrogens is 1. The summed E-state index contributed by atoms with van der Waals surface area (Å²) in [6.45, 7) is 3.72. The summed E-state index contributed by atoms with van der Waals surface area (Å²) in [4.78, 5) is 31.7. The van der Waals surface area contributed by atoms with E-state index in [1.54, 1.807) is 44.8 Å². The molecule has 1 aliphatic heterocycles. The van der Waals surface area contributed by atoms with E-state index in [-0.39, 0.29) is 12.2 Å². The molecule has 8 heteroatoms. The summed E-state index contributed by atoms with van der Waals surface area (Å²) >= 11 is 1.27. The van der Waals surface area contributed by atoms with Gasteiger partial charge in [0, 0.05) is 5.56 Å². The second-order valence-electron chi connectivity index (χ2n) is 7.32. The SMILES string of the molecule is CCOC(=O)C1=C(C)N=c2s/c(=C\c3cccc(OC)c3)c(=O)n2[C@H]1c1ccccc1OC. The Bertz CT molecular complexity index is 1420. The van der Waals surface area contributed by atoms with E-state index < -0.39 is 12.0 Å². The molecule has 0 saturated carbocycles. The lowest BCUT2D eigenvalue weighted by Crippen LogP contribution is -2.40. The molecular weight excluding hydrogens is 440 g/mol. The Balaban J connectivity index is 1.98. The fraction of sp³-hybridized carbons (Fsp3) is 0.240. The van der Waals surface area contributed by atoms with Crippen LogP contribution in [0.3, 0.4) is 0 Å². The van der Waals surface area contributed by atoms with Gasteiger partial charge in [-0.1, -0.05) is 41.7 Å². The molecule has 2 aromatic carbocycles. The average molecular weight is 465 g/mol. The number of fused-ring (bicyclic) bond motifs is 1. The minimum atomic E-state index is -0.719. The molecule has 0 spiro atoms. The number of nitrogens with zero attached hydrogens (tertiary/aromatic N) is 2. The van der Waals surface area contributed by atoms with Gasteiger partial charge in [-0.05, 0) is 43.7 Å². The Hall–Kier alpha value is -3.65. The van der Waals surface area contributed by atoms with Gasteiger partial charge in [-0.2, -0.15) is 0 Å². The predicted octanol–water partition coefficient (Wildman–Crippen LogP) is 2.82. The highest BCUT2D eigenvalue weighted by molar-refractivity contribution is 7.07. The first-order valence-electron chi connectivity index (χ1n) is 10.4. The van der Waals surface area contributed by atoms with E-state index in [0.29, 0.717) is 37.7 Å². The van der Waals surface area contributed by atoms with Crippen molar-refractivity contribution in [3.05, 3.63) is 90.6 Å². The number of rotatable bonds is 6. The number of carbonyl (C=O) groups excluding carboxylic acids is 1. The van der Waals surface area contributed by atoms with Crippen molar-refractivity contribution in [2.75, 3.05) is 20.8 Å². The fourth-order valence-corrected chi connectivity index (χ4v) is 4.91. The summed E-state index contributed by atoms with van der Waals surface area (Å²) in [5, 5.41) is 0. The summed E-state index contributed by atoms with van der Waals surface area (Å²) in [5.74, 6) is 0.766. The zero-order valence-electron chi connectivity index (χ0n) is 18.8. The van der Waals surface area contributed by atoms with Crippen LogP contribution >= 0.6 is 11.3 Å². The zero-order valence-corrected chi connectivity index (χ0v) is 19.6. The van der Waals surface area contributed by atoms with Crippen LogP contribution in [0.1, 0.15) is 31.0 Å². The summed E-state index contributed by atoms with van der Waals surface area (Å²) in [6, 6.07) is 14.1. The highest BCUT2D eigenvalue weighted by Crippen LogP contribution is 2.35. The molecule has 170 valence electrons. The Morgan fingerprint density at radius 2 is 1.94 bits per heavy atom. The summed E-state index contributed by atoms with van der Waals surface area (Å²) < 4.78 is 18.2. The first kappa shape index (κ1) is 22.5. The summed E-state index contributed by atoms with van der Waals surface area (Å²) in [7, 11) is 3.16. The van der Waals surface area contributed by atoms with Crippen LogP contribution in [0.2, 0.25) is 0 Å². The van der Waals surface area contributed by atoms with E-state index in [0.717, 1.165) is 5.56 Å². The Morgan fingerprint density at radius 3 is 2.67 bits per heavy atom. The minimum absolute atomic E-state index is 0.217. The number of hydrogen-bond donors (Lipinski definition) is 0. The van der Waals surface area contributed by atoms with E-state index in [1.165, 1.54) is 11.3 Å². The number of methoxy groups -OCH3 is 2. The maximum absolute atomic E-state index is 13.6. The maximum Gasteiger partial charge on any atom is 0.338 e. The van der Waals surface area contributed by atoms with Crippen LogP contribution in [0.25, 0.3) is 6.08 Å². The van der Waals surface area contributed by atoms with Crippen molar-refractivity contribution in [2.45, 2.75) is 19.9 Å². The van der Waals surface area contributed by atoms with Crippen molar-refractivity contribution < 1.29 is 19.0 Å². The third-order valence-electron chi connectivity index (χ3n) is 5.34. The molecule has 4 rings (SSSR count). The van der Waals surface area contributed by atoms with Gasteiger partial charge >= 0.3 is 5.97 Å². The molecule has 1 aliphatic rings. The second-order valence-corrected chi connectivity index (χ2v) is 8.33. The molecular formula is C25H24N2O5S. The van der Waals surface area contributed by atoms with Crippen molar-refractivity contribution in [2.24, 2.45) is 4.99 Å². The number of carbonyl (C=O) groups is 1. The Labute approximate surface area is 194 Å². The topological polar surface area (TPSA) is 79.1 Å². The van der Waals surface area contributed by atoms with Crippen molar-refractivity contribution in [1.82, 2.24) is 4.57 Å². The first-order valence-corrected chi connectivity index (χ1v) is 11.3. The first-order chi connectivity index (χ1) is 16.0. The maximum atomic E-state index is 13.6. The van der Waals surface area contributed by atoms with Crippen LogP contribution in [0, 0.1) is 0 Å². The summed E-state index contributed by atoms with van der Waals surface area (Å²) in [5.41, 5.74) is 2.10. The average Bonchev–Trinajstić information content (AvgIpc) is 3.12. The number of esters is 1. The van der Waals surface area contributed by atoms with Gasteiger partial charge in [0.05, 0.1) is 36.6 Å². The largest absolute Gasteiger partial charge is 0.497 e. The number of allylic oxidation sites excluding steroid dienone is 1. The minimum Gasteiger partial charge on any atom is -0.497 e. The van der Waals surface area contributed by atoms with Gasteiger partial charge in [-0.3, -0.25) is 9.36 Å². The molecule has 0 amide bonds. The van der Waals surface area contributed by atoms with E-state index in [4.69, 9.17) is 14.2 Å². The van der Waals surface area contributed by atoms with Crippen LogP contribution in [0.4, 0.5) is 0 Å². The molecule has 2 heterocycles. The van der Waals surface area contributed by atoms with Gasteiger partial charge in [0.1, 0.15) is 17.5 Å². The molecule has 0 N–H and O–H groups in total. The zero-order chi connectivity index (χ0) is 23.5. The smallest absolute Gasteiger partial charge is 0.338 e. The standard InChI is InChI=1S/C25H24N2O5S/c1-5-32-24(29)21-15(2)26-25-27(22(21)18-11-6-7-12-19(18)31-4)23(28)20(33-25)14-16-9-8-10-17(13-16)30-3/h6-14,22H,5H2,1-4H3/b20-14-/t22-/m0/s1. The number of benzene rings is 2. The lowest BCUT2D eigenvalue weighted by molar-refractivity contribution is -0.139.